The monoisotopic (exact) mass is 462 g/mol. The van der Waals surface area contributed by atoms with Crippen LogP contribution >= 0.6 is 0 Å². The molecular formula is C27H42O6. The van der Waals surface area contributed by atoms with Crippen LogP contribution in [0.15, 0.2) is 35.4 Å². The van der Waals surface area contributed by atoms with Crippen LogP contribution in [-0.2, 0) is 27.1 Å². The lowest BCUT2D eigenvalue weighted by Gasteiger charge is -2.21. The minimum atomic E-state index is -0.985. The first-order chi connectivity index (χ1) is 15.8. The van der Waals surface area contributed by atoms with E-state index in [1.807, 2.05) is 12.1 Å². The molecule has 0 spiro atoms. The molecule has 0 bridgehead atoms. The Morgan fingerprint density at radius 1 is 1.12 bits per heavy atom. The van der Waals surface area contributed by atoms with E-state index in [0.717, 1.165) is 44.1 Å². The molecule has 0 aliphatic carbocycles. The normalized spacial score (nSPS) is 12.2. The van der Waals surface area contributed by atoms with Crippen LogP contribution in [0.5, 0.6) is 11.5 Å². The van der Waals surface area contributed by atoms with Crippen LogP contribution in [0.2, 0.25) is 0 Å². The van der Waals surface area contributed by atoms with E-state index in [1.54, 1.807) is 6.92 Å². The number of ether oxygens (including phenoxy) is 4. The van der Waals surface area contributed by atoms with Gasteiger partial charge in [0.15, 0.2) is 0 Å². The predicted molar refractivity (Wildman–Crippen MR) is 132 cm³/mol. The summed E-state index contributed by atoms with van der Waals surface area (Å²) in [5, 5.41) is 10.8. The summed E-state index contributed by atoms with van der Waals surface area (Å²) in [5.74, 6) is 0.667. The topological polar surface area (TPSA) is 74.2 Å². The van der Waals surface area contributed by atoms with E-state index in [-0.39, 0.29) is 19.0 Å². The van der Waals surface area contributed by atoms with Gasteiger partial charge < -0.3 is 24.1 Å². The summed E-state index contributed by atoms with van der Waals surface area (Å²) in [4.78, 5) is 11.8. The van der Waals surface area contributed by atoms with Gasteiger partial charge in [0.25, 0.3) is 6.29 Å². The van der Waals surface area contributed by atoms with Crippen LogP contribution in [0.3, 0.4) is 0 Å². The third kappa shape index (κ3) is 11.8. The quantitative estimate of drug-likeness (QED) is 0.132. The van der Waals surface area contributed by atoms with Gasteiger partial charge in [-0.25, -0.2) is 4.79 Å². The fraction of sp³-hybridized carbons (Fsp3) is 0.593. The first kappa shape index (κ1) is 28.6. The number of aryl methyl sites for hydroxylation is 1. The molecule has 6 heteroatoms. The van der Waals surface area contributed by atoms with Crippen molar-refractivity contribution in [3.05, 3.63) is 46.6 Å². The van der Waals surface area contributed by atoms with Crippen LogP contribution in [0.25, 0.3) is 0 Å². The molecule has 0 heterocycles. The first-order valence-electron chi connectivity index (χ1n) is 11.9. The van der Waals surface area contributed by atoms with E-state index in [9.17, 15) is 9.90 Å². The van der Waals surface area contributed by atoms with E-state index in [0.29, 0.717) is 17.7 Å². The van der Waals surface area contributed by atoms with Crippen molar-refractivity contribution in [1.82, 2.24) is 0 Å². The lowest BCUT2D eigenvalue weighted by Crippen LogP contribution is -2.29. The Labute approximate surface area is 199 Å². The second kappa shape index (κ2) is 16.2. The number of rotatable bonds is 15. The molecule has 1 N–H and O–H groups in total. The predicted octanol–water partition coefficient (Wildman–Crippen LogP) is 6.88. The number of unbranched alkanes of at least 4 members (excludes halogenated alkanes) is 2. The van der Waals surface area contributed by atoms with Crippen molar-refractivity contribution in [2.45, 2.75) is 85.9 Å². The molecule has 0 saturated heterocycles. The molecule has 0 aliphatic rings. The standard InChI is InChI=1S/C27H42O6/c1-7-9-10-14-22-17-24(28)23(16-15-21(5)13-11-12-20(3)4)25(18-22)32-26(19-30-6)33-27(29)31-8-2/h12,15,17-18,26,28H,7-11,13-14,16,19H2,1-6H3/b21-15+. The molecule has 1 aromatic carbocycles. The van der Waals surface area contributed by atoms with Gasteiger partial charge in [0.2, 0.25) is 0 Å². The van der Waals surface area contributed by atoms with Gasteiger partial charge >= 0.3 is 6.16 Å². The number of phenolic OH excluding ortho intramolecular Hbond substituents is 1. The SMILES string of the molecule is CCCCCc1cc(O)c(C/C=C(\C)CCC=C(C)C)c(OC(COC)OC(=O)OCC)c1. The summed E-state index contributed by atoms with van der Waals surface area (Å²) in [5.41, 5.74) is 4.18. The molecule has 186 valence electrons. The highest BCUT2D eigenvalue weighted by molar-refractivity contribution is 5.60. The molecule has 0 aromatic heterocycles. The van der Waals surface area contributed by atoms with Crippen LogP contribution in [-0.4, -0.2) is 37.9 Å². The van der Waals surface area contributed by atoms with Gasteiger partial charge in [0.05, 0.1) is 6.61 Å². The molecule has 0 radical (unpaired) electrons. The molecule has 1 unspecified atom stereocenters. The molecule has 0 saturated carbocycles. The second-order valence-electron chi connectivity index (χ2n) is 8.43. The number of allylic oxidation sites excluding steroid dienone is 4. The second-order valence-corrected chi connectivity index (χ2v) is 8.43. The Morgan fingerprint density at radius 3 is 2.52 bits per heavy atom. The van der Waals surface area contributed by atoms with E-state index < -0.39 is 12.4 Å². The van der Waals surface area contributed by atoms with Crippen LogP contribution in [0, 0.1) is 0 Å². The number of phenols is 1. The van der Waals surface area contributed by atoms with E-state index >= 15 is 0 Å². The zero-order chi connectivity index (χ0) is 24.6. The zero-order valence-electron chi connectivity index (χ0n) is 21.2. The van der Waals surface area contributed by atoms with Crippen molar-refractivity contribution in [2.75, 3.05) is 20.3 Å². The van der Waals surface area contributed by atoms with Crippen molar-refractivity contribution < 1.29 is 28.8 Å². The maximum atomic E-state index is 11.8. The number of benzene rings is 1. The fourth-order valence-corrected chi connectivity index (χ4v) is 3.32. The van der Waals surface area contributed by atoms with Gasteiger partial charge in [-0.05, 0) is 77.5 Å². The highest BCUT2D eigenvalue weighted by Gasteiger charge is 2.20. The van der Waals surface area contributed by atoms with Crippen molar-refractivity contribution >= 4 is 6.16 Å². The Hall–Kier alpha value is -2.47. The van der Waals surface area contributed by atoms with Crippen molar-refractivity contribution in [2.24, 2.45) is 0 Å². The summed E-state index contributed by atoms with van der Waals surface area (Å²) < 4.78 is 21.3. The Balaban J connectivity index is 3.14. The highest BCUT2D eigenvalue weighted by Crippen LogP contribution is 2.33. The van der Waals surface area contributed by atoms with Crippen molar-refractivity contribution in [1.29, 1.82) is 0 Å². The Bertz CT molecular complexity index is 777. The molecule has 1 atom stereocenters. The number of carbonyl (C=O) groups excluding carboxylic acids is 1. The average molecular weight is 463 g/mol. The van der Waals surface area contributed by atoms with Crippen molar-refractivity contribution in [3.8, 4) is 11.5 Å². The molecule has 33 heavy (non-hydrogen) atoms. The summed E-state index contributed by atoms with van der Waals surface area (Å²) in [7, 11) is 1.50. The van der Waals surface area contributed by atoms with E-state index in [1.165, 1.54) is 18.3 Å². The van der Waals surface area contributed by atoms with Gasteiger partial charge in [0, 0.05) is 12.7 Å². The third-order valence-corrected chi connectivity index (χ3v) is 5.11. The number of hydrogen-bond acceptors (Lipinski definition) is 6. The highest BCUT2D eigenvalue weighted by atomic mass is 16.8. The molecule has 1 rings (SSSR count). The van der Waals surface area contributed by atoms with Crippen LogP contribution < -0.4 is 4.74 Å². The molecule has 6 nitrogen and oxygen atoms in total. The summed E-state index contributed by atoms with van der Waals surface area (Å²) in [6.07, 6.45) is 9.07. The summed E-state index contributed by atoms with van der Waals surface area (Å²) >= 11 is 0. The number of carbonyl (C=O) groups is 1. The largest absolute Gasteiger partial charge is 0.511 e. The maximum absolute atomic E-state index is 11.8. The van der Waals surface area contributed by atoms with Crippen molar-refractivity contribution in [3.63, 3.8) is 0 Å². The van der Waals surface area contributed by atoms with E-state index in [4.69, 9.17) is 18.9 Å². The number of aromatic hydroxyl groups is 1. The van der Waals surface area contributed by atoms with Gasteiger partial charge in [-0.2, -0.15) is 0 Å². The van der Waals surface area contributed by atoms with Crippen LogP contribution in [0.4, 0.5) is 4.79 Å². The molecule has 0 fully saturated rings. The maximum Gasteiger partial charge on any atom is 0.511 e. The zero-order valence-corrected chi connectivity index (χ0v) is 21.2. The van der Waals surface area contributed by atoms with E-state index in [2.05, 4.69) is 39.8 Å². The first-order valence-corrected chi connectivity index (χ1v) is 11.9. The third-order valence-electron chi connectivity index (χ3n) is 5.11. The number of methoxy groups -OCH3 is 1. The van der Waals surface area contributed by atoms with Gasteiger partial charge in [-0.3, -0.25) is 0 Å². The fourth-order valence-electron chi connectivity index (χ4n) is 3.32. The summed E-state index contributed by atoms with van der Waals surface area (Å²) in [6, 6.07) is 3.73. The minimum Gasteiger partial charge on any atom is -0.508 e. The minimum absolute atomic E-state index is 0.0383. The number of hydrogen-bond donors (Lipinski definition) is 1. The Kier molecular flexibility index (Phi) is 14.0. The lowest BCUT2D eigenvalue weighted by atomic mass is 10.00. The molecular weight excluding hydrogens is 420 g/mol. The molecule has 0 amide bonds. The van der Waals surface area contributed by atoms with Gasteiger partial charge in [-0.1, -0.05) is 43.1 Å². The van der Waals surface area contributed by atoms with Gasteiger partial charge in [0.1, 0.15) is 18.1 Å². The smallest absolute Gasteiger partial charge is 0.508 e. The summed E-state index contributed by atoms with van der Waals surface area (Å²) in [6.45, 7) is 10.4. The molecule has 1 aromatic rings. The van der Waals surface area contributed by atoms with Gasteiger partial charge in [-0.15, -0.1) is 0 Å². The lowest BCUT2D eigenvalue weighted by molar-refractivity contribution is -0.0956. The average Bonchev–Trinajstić information content (AvgIpc) is 2.73. The Morgan fingerprint density at radius 2 is 1.88 bits per heavy atom. The van der Waals surface area contributed by atoms with Crippen LogP contribution in [0.1, 0.15) is 77.8 Å². The molecule has 0 aliphatic heterocycles.